The smallest absolute Gasteiger partial charge is 0.225 e. The molecular weight excluding hydrogens is 288 g/mol. The Kier molecular flexibility index (Phi) is 6.05. The minimum atomic E-state index is 0.190. The van der Waals surface area contributed by atoms with Gasteiger partial charge in [-0.15, -0.1) is 0 Å². The Balaban J connectivity index is 1.80. The molecular formula is C19H30N2O2. The zero-order chi connectivity index (χ0) is 17.0. The first-order valence-corrected chi connectivity index (χ1v) is 8.62. The fourth-order valence-electron chi connectivity index (χ4n) is 3.23. The second-order valence-corrected chi connectivity index (χ2v) is 6.88. The Labute approximate surface area is 140 Å². The zero-order valence-electron chi connectivity index (χ0n) is 14.9. The molecule has 0 aliphatic carbocycles. The molecule has 2 N–H and O–H groups in total. The third kappa shape index (κ3) is 4.71. The average Bonchev–Trinajstić information content (AvgIpc) is 2.51. The Morgan fingerprint density at radius 1 is 1.30 bits per heavy atom. The molecule has 0 radical (unpaired) electrons. The van der Waals surface area contributed by atoms with Crippen LogP contribution in [-0.4, -0.2) is 36.5 Å². The van der Waals surface area contributed by atoms with Crippen LogP contribution in [0.2, 0.25) is 0 Å². The van der Waals surface area contributed by atoms with Crippen LogP contribution >= 0.6 is 0 Å². The number of nitrogens with zero attached hydrogens (tertiary/aromatic N) is 1. The lowest BCUT2D eigenvalue weighted by atomic mass is 9.91. The van der Waals surface area contributed by atoms with Crippen molar-refractivity contribution in [3.05, 3.63) is 28.8 Å². The van der Waals surface area contributed by atoms with Crippen LogP contribution in [0.4, 0.5) is 0 Å². The summed E-state index contributed by atoms with van der Waals surface area (Å²) in [7, 11) is 0. The molecule has 1 aromatic rings. The van der Waals surface area contributed by atoms with E-state index in [1.807, 2.05) is 11.0 Å². The van der Waals surface area contributed by atoms with Crippen molar-refractivity contribution in [3.63, 3.8) is 0 Å². The lowest BCUT2D eigenvalue weighted by Gasteiger charge is -2.33. The maximum absolute atomic E-state index is 12.3. The molecule has 4 nitrogen and oxygen atoms in total. The molecule has 1 aliphatic heterocycles. The normalized spacial score (nSPS) is 17.2. The number of nitrogens with two attached hydrogens (primary N) is 1. The summed E-state index contributed by atoms with van der Waals surface area (Å²) < 4.78 is 5.85. The molecule has 1 aromatic carbocycles. The Hall–Kier alpha value is -1.55. The van der Waals surface area contributed by atoms with Gasteiger partial charge in [0.05, 0.1) is 13.0 Å². The largest absolute Gasteiger partial charge is 0.493 e. The van der Waals surface area contributed by atoms with Gasteiger partial charge in [0.2, 0.25) is 5.91 Å². The van der Waals surface area contributed by atoms with E-state index in [9.17, 15) is 4.79 Å². The zero-order valence-corrected chi connectivity index (χ0v) is 14.9. The summed E-state index contributed by atoms with van der Waals surface area (Å²) in [6, 6.07) is 4.42. The van der Waals surface area contributed by atoms with Crippen LogP contribution in [-0.2, 0) is 4.79 Å². The fraction of sp³-hybridized carbons (Fsp3) is 0.632. The van der Waals surface area contributed by atoms with Gasteiger partial charge in [-0.25, -0.2) is 0 Å². The fourth-order valence-corrected chi connectivity index (χ4v) is 3.23. The summed E-state index contributed by atoms with van der Waals surface area (Å²) in [6.07, 6.45) is 2.47. The van der Waals surface area contributed by atoms with E-state index < -0.39 is 0 Å². The molecule has 128 valence electrons. The maximum atomic E-state index is 12.3. The van der Waals surface area contributed by atoms with Gasteiger partial charge in [0.15, 0.2) is 0 Å². The standard InChI is InChI=1S/C19H30N2O2/c1-13-11-14(2)15(3)18(12-13)23-10-7-19(22)21-8-5-17(6-9-21)16(4)20/h11-12,16-17H,5-10,20H2,1-4H3. The molecule has 0 saturated carbocycles. The summed E-state index contributed by atoms with van der Waals surface area (Å²) in [5.41, 5.74) is 9.52. The molecule has 1 heterocycles. The van der Waals surface area contributed by atoms with Crippen LogP contribution in [0.1, 0.15) is 42.9 Å². The monoisotopic (exact) mass is 318 g/mol. The molecule has 4 heteroatoms. The van der Waals surface area contributed by atoms with Crippen molar-refractivity contribution >= 4 is 5.91 Å². The van der Waals surface area contributed by atoms with Gasteiger partial charge in [-0.1, -0.05) is 6.07 Å². The van der Waals surface area contributed by atoms with Crippen molar-refractivity contribution in [2.45, 2.75) is 53.0 Å². The van der Waals surface area contributed by atoms with E-state index in [4.69, 9.17) is 10.5 Å². The Morgan fingerprint density at radius 3 is 2.57 bits per heavy atom. The molecule has 1 saturated heterocycles. The number of piperidine rings is 1. The molecule has 0 bridgehead atoms. The summed E-state index contributed by atoms with van der Waals surface area (Å²) in [6.45, 7) is 10.4. The van der Waals surface area contributed by atoms with Crippen molar-refractivity contribution in [3.8, 4) is 5.75 Å². The summed E-state index contributed by atoms with van der Waals surface area (Å²) in [5, 5.41) is 0. The molecule has 1 unspecified atom stereocenters. The first kappa shape index (κ1) is 17.8. The predicted molar refractivity (Wildman–Crippen MR) is 93.7 cm³/mol. The third-order valence-corrected chi connectivity index (χ3v) is 4.97. The predicted octanol–water partition coefficient (Wildman–Crippen LogP) is 2.97. The van der Waals surface area contributed by atoms with E-state index in [0.29, 0.717) is 18.9 Å². The van der Waals surface area contributed by atoms with Gasteiger partial charge < -0.3 is 15.4 Å². The van der Waals surface area contributed by atoms with Crippen molar-refractivity contribution in [1.82, 2.24) is 4.90 Å². The number of hydrogen-bond acceptors (Lipinski definition) is 3. The van der Waals surface area contributed by atoms with Crippen LogP contribution in [0.25, 0.3) is 0 Å². The second-order valence-electron chi connectivity index (χ2n) is 6.88. The van der Waals surface area contributed by atoms with Crippen LogP contribution in [0.15, 0.2) is 12.1 Å². The molecule has 0 aromatic heterocycles. The molecule has 2 rings (SSSR count). The van der Waals surface area contributed by atoms with E-state index in [1.165, 1.54) is 11.1 Å². The van der Waals surface area contributed by atoms with Crippen molar-refractivity contribution in [2.75, 3.05) is 19.7 Å². The van der Waals surface area contributed by atoms with Gasteiger partial charge in [0.25, 0.3) is 0 Å². The number of aryl methyl sites for hydroxylation is 2. The van der Waals surface area contributed by atoms with Crippen molar-refractivity contribution in [1.29, 1.82) is 0 Å². The number of rotatable bonds is 5. The minimum absolute atomic E-state index is 0.190. The Bertz CT molecular complexity index is 547. The van der Waals surface area contributed by atoms with Crippen LogP contribution in [0.5, 0.6) is 5.75 Å². The highest BCUT2D eigenvalue weighted by Gasteiger charge is 2.24. The number of carbonyl (C=O) groups is 1. The highest BCUT2D eigenvalue weighted by Crippen LogP contribution is 2.24. The highest BCUT2D eigenvalue weighted by molar-refractivity contribution is 5.76. The van der Waals surface area contributed by atoms with Gasteiger partial charge in [0.1, 0.15) is 5.75 Å². The summed E-state index contributed by atoms with van der Waals surface area (Å²) in [5.74, 6) is 1.63. The third-order valence-electron chi connectivity index (χ3n) is 4.97. The molecule has 23 heavy (non-hydrogen) atoms. The van der Waals surface area contributed by atoms with Crippen LogP contribution in [0.3, 0.4) is 0 Å². The quantitative estimate of drug-likeness (QED) is 0.908. The Morgan fingerprint density at radius 2 is 1.96 bits per heavy atom. The first-order chi connectivity index (χ1) is 10.9. The van der Waals surface area contributed by atoms with E-state index in [1.54, 1.807) is 0 Å². The lowest BCUT2D eigenvalue weighted by molar-refractivity contribution is -0.133. The van der Waals surface area contributed by atoms with Crippen LogP contribution < -0.4 is 10.5 Å². The second kappa shape index (κ2) is 7.82. The van der Waals surface area contributed by atoms with Gasteiger partial charge in [-0.3, -0.25) is 4.79 Å². The number of carbonyl (C=O) groups excluding carboxylic acids is 1. The molecule has 1 atom stereocenters. The number of ether oxygens (including phenoxy) is 1. The lowest BCUT2D eigenvalue weighted by Crippen LogP contribution is -2.42. The molecule has 0 spiro atoms. The van der Waals surface area contributed by atoms with Gasteiger partial charge in [0, 0.05) is 19.1 Å². The van der Waals surface area contributed by atoms with E-state index in [2.05, 4.69) is 33.8 Å². The molecule has 1 aliphatic rings. The first-order valence-electron chi connectivity index (χ1n) is 8.62. The molecule has 1 amide bonds. The maximum Gasteiger partial charge on any atom is 0.225 e. The van der Waals surface area contributed by atoms with Gasteiger partial charge in [-0.05, 0) is 69.2 Å². The van der Waals surface area contributed by atoms with Gasteiger partial charge >= 0.3 is 0 Å². The van der Waals surface area contributed by atoms with Crippen LogP contribution in [0, 0.1) is 26.7 Å². The number of amides is 1. The van der Waals surface area contributed by atoms with Gasteiger partial charge in [-0.2, -0.15) is 0 Å². The van der Waals surface area contributed by atoms with E-state index >= 15 is 0 Å². The summed E-state index contributed by atoms with van der Waals surface area (Å²) in [4.78, 5) is 14.3. The highest BCUT2D eigenvalue weighted by atomic mass is 16.5. The number of benzene rings is 1. The average molecular weight is 318 g/mol. The number of likely N-dealkylation sites (tertiary alicyclic amines) is 1. The molecule has 1 fully saturated rings. The van der Waals surface area contributed by atoms with E-state index in [0.717, 1.165) is 37.2 Å². The SMILES string of the molecule is Cc1cc(C)c(C)c(OCCC(=O)N2CCC(C(C)N)CC2)c1. The van der Waals surface area contributed by atoms with E-state index in [-0.39, 0.29) is 11.9 Å². The minimum Gasteiger partial charge on any atom is -0.493 e. The summed E-state index contributed by atoms with van der Waals surface area (Å²) >= 11 is 0. The number of hydrogen-bond donors (Lipinski definition) is 1. The topological polar surface area (TPSA) is 55.6 Å². The van der Waals surface area contributed by atoms with Crippen molar-refractivity contribution in [2.24, 2.45) is 11.7 Å². The van der Waals surface area contributed by atoms with Crippen molar-refractivity contribution < 1.29 is 9.53 Å².